The minimum absolute atomic E-state index is 0.0481. The van der Waals surface area contributed by atoms with Crippen LogP contribution in [0, 0.1) is 18.8 Å². The molecule has 3 heterocycles. The number of rotatable bonds is 6. The average Bonchev–Trinajstić information content (AvgIpc) is 3.16. The highest BCUT2D eigenvalue weighted by atomic mass is 32.1. The molecule has 0 aliphatic heterocycles. The number of nitrogens with one attached hydrogen (secondary N) is 1. The molecule has 0 atom stereocenters. The molecular weight excluding hydrogens is 392 g/mol. The molecule has 0 saturated heterocycles. The van der Waals surface area contributed by atoms with Crippen LogP contribution in [0.1, 0.15) is 47.5 Å². The summed E-state index contributed by atoms with van der Waals surface area (Å²) in [5.41, 5.74) is 2.47. The lowest BCUT2D eigenvalue weighted by molar-refractivity contribution is 0.823. The zero-order chi connectivity index (χ0) is 22.7. The van der Waals surface area contributed by atoms with Crippen LogP contribution in [0.25, 0.3) is 26.1 Å². The maximum absolute atomic E-state index is 13.2. The van der Waals surface area contributed by atoms with Gasteiger partial charge < -0.3 is 5.32 Å². The van der Waals surface area contributed by atoms with E-state index in [1.165, 1.54) is 11.3 Å². The average molecular weight is 425 g/mol. The molecule has 160 valence electrons. The molecule has 3 rings (SSSR count). The lowest BCUT2D eigenvalue weighted by Gasteiger charge is -2.08. The maximum Gasteiger partial charge on any atom is 0.275 e. The van der Waals surface area contributed by atoms with E-state index < -0.39 is 0 Å². The molecule has 0 spiro atoms. The summed E-state index contributed by atoms with van der Waals surface area (Å²) >= 11 is 1.40. The first kappa shape index (κ1) is 25.1. The Labute approximate surface area is 183 Å². The van der Waals surface area contributed by atoms with Crippen molar-refractivity contribution >= 4 is 43.2 Å². The van der Waals surface area contributed by atoms with Crippen molar-refractivity contribution in [2.24, 2.45) is 5.92 Å². The van der Waals surface area contributed by atoms with Crippen LogP contribution in [0.5, 0.6) is 0 Å². The summed E-state index contributed by atoms with van der Waals surface area (Å²) < 4.78 is 2.28. The molecule has 0 aliphatic carbocycles. The van der Waals surface area contributed by atoms with E-state index in [-0.39, 0.29) is 5.56 Å². The monoisotopic (exact) mass is 424 g/mol. The molecule has 0 bridgehead atoms. The Kier molecular flexibility index (Phi) is 10.6. The van der Waals surface area contributed by atoms with Crippen LogP contribution >= 0.6 is 11.3 Å². The standard InChI is InChI=1S/C20H24N4OS.C2H6.C2H2/c1-5-6-7-8-14(11-13(2)3)24-12-23-17-16-15(21-4)9-10-22-19(16)26-18(17)20(24)25;2*1-2/h7-13H,5-6H2,1-4H3,(H,21,22);1-2H3;1-2H/b8-7-,14-11+;;. The number of pyridine rings is 1. The van der Waals surface area contributed by atoms with Crippen LogP contribution in [-0.4, -0.2) is 21.6 Å². The van der Waals surface area contributed by atoms with Gasteiger partial charge in [-0.1, -0.05) is 53.2 Å². The predicted octanol–water partition coefficient (Wildman–Crippen LogP) is 6.18. The number of nitrogens with zero attached hydrogens (tertiary/aromatic N) is 3. The molecule has 0 saturated carbocycles. The fourth-order valence-electron chi connectivity index (χ4n) is 2.87. The van der Waals surface area contributed by atoms with E-state index in [0.29, 0.717) is 16.1 Å². The van der Waals surface area contributed by atoms with Gasteiger partial charge in [0.05, 0.1) is 10.9 Å². The van der Waals surface area contributed by atoms with Crippen LogP contribution in [0.15, 0.2) is 41.6 Å². The third kappa shape index (κ3) is 5.58. The van der Waals surface area contributed by atoms with Crippen LogP contribution in [-0.2, 0) is 0 Å². The number of allylic oxidation sites excluding steroid dienone is 4. The van der Waals surface area contributed by atoms with Crippen molar-refractivity contribution in [3.05, 3.63) is 47.2 Å². The Hall–Kier alpha value is -2.91. The van der Waals surface area contributed by atoms with Gasteiger partial charge in [0, 0.05) is 24.6 Å². The zero-order valence-corrected chi connectivity index (χ0v) is 19.6. The molecule has 0 unspecified atom stereocenters. The summed E-state index contributed by atoms with van der Waals surface area (Å²) in [7, 11) is 1.86. The highest BCUT2D eigenvalue weighted by Gasteiger charge is 2.16. The molecule has 0 radical (unpaired) electrons. The van der Waals surface area contributed by atoms with Crippen molar-refractivity contribution in [3.8, 4) is 12.8 Å². The van der Waals surface area contributed by atoms with E-state index in [9.17, 15) is 4.79 Å². The molecule has 5 nitrogen and oxygen atoms in total. The summed E-state index contributed by atoms with van der Waals surface area (Å²) in [5, 5.41) is 4.07. The number of hydrogen-bond acceptors (Lipinski definition) is 5. The van der Waals surface area contributed by atoms with Gasteiger partial charge in [-0.15, -0.1) is 24.2 Å². The summed E-state index contributed by atoms with van der Waals surface area (Å²) in [6.45, 7) is 10.3. The van der Waals surface area contributed by atoms with Crippen LogP contribution in [0.3, 0.4) is 0 Å². The normalized spacial score (nSPS) is 11.3. The lowest BCUT2D eigenvalue weighted by atomic mass is 10.1. The van der Waals surface area contributed by atoms with Gasteiger partial charge in [-0.3, -0.25) is 9.36 Å². The van der Waals surface area contributed by atoms with Gasteiger partial charge >= 0.3 is 0 Å². The Balaban J connectivity index is 0.00000106. The third-order valence-electron chi connectivity index (χ3n) is 4.08. The van der Waals surface area contributed by atoms with Crippen molar-refractivity contribution < 1.29 is 0 Å². The van der Waals surface area contributed by atoms with E-state index in [2.05, 4.69) is 61.1 Å². The van der Waals surface area contributed by atoms with E-state index in [1.54, 1.807) is 17.1 Å². The number of terminal acetylenes is 1. The van der Waals surface area contributed by atoms with Gasteiger partial charge in [-0.2, -0.15) is 0 Å². The molecule has 0 aromatic carbocycles. The summed E-state index contributed by atoms with van der Waals surface area (Å²) in [5.74, 6) is 0.332. The van der Waals surface area contributed by atoms with E-state index in [4.69, 9.17) is 0 Å². The van der Waals surface area contributed by atoms with Gasteiger partial charge in [0.15, 0.2) is 0 Å². The van der Waals surface area contributed by atoms with Gasteiger partial charge in [0.1, 0.15) is 15.9 Å². The SMILES string of the molecule is C#C.CC.CCC/C=C\C(=C/C(C)C)n1cnc2c(sc3nccc(NC)c32)c1=O. The first-order chi connectivity index (χ1) is 14.6. The minimum atomic E-state index is -0.0481. The van der Waals surface area contributed by atoms with Crippen LogP contribution in [0.4, 0.5) is 5.69 Å². The van der Waals surface area contributed by atoms with E-state index in [1.807, 2.05) is 33.0 Å². The molecule has 3 aromatic rings. The second-order valence-corrected chi connectivity index (χ2v) is 7.51. The van der Waals surface area contributed by atoms with Gasteiger partial charge in [0.2, 0.25) is 0 Å². The molecule has 1 N–H and O–H groups in total. The molecule has 0 fully saturated rings. The zero-order valence-electron chi connectivity index (χ0n) is 18.8. The highest BCUT2D eigenvalue weighted by molar-refractivity contribution is 7.25. The lowest BCUT2D eigenvalue weighted by Crippen LogP contribution is -2.18. The number of thiophene rings is 1. The number of unbranched alkanes of at least 4 members (excludes halogenated alkanes) is 1. The quantitative estimate of drug-likeness (QED) is 0.379. The molecule has 0 amide bonds. The molecular formula is C24H32N4OS. The second kappa shape index (κ2) is 12.6. The highest BCUT2D eigenvalue weighted by Crippen LogP contribution is 2.33. The summed E-state index contributed by atoms with van der Waals surface area (Å²) in [6, 6.07) is 1.90. The largest absolute Gasteiger partial charge is 0.387 e. The van der Waals surface area contributed by atoms with E-state index in [0.717, 1.165) is 34.4 Å². The third-order valence-corrected chi connectivity index (χ3v) is 5.15. The fourth-order valence-corrected chi connectivity index (χ4v) is 3.93. The Morgan fingerprint density at radius 3 is 2.60 bits per heavy atom. The van der Waals surface area contributed by atoms with Crippen molar-refractivity contribution in [3.63, 3.8) is 0 Å². The molecule has 0 aliphatic rings. The molecule has 6 heteroatoms. The predicted molar refractivity (Wildman–Crippen MR) is 133 cm³/mol. The summed E-state index contributed by atoms with van der Waals surface area (Å²) in [4.78, 5) is 23.0. The number of aromatic nitrogens is 3. The number of hydrogen-bond donors (Lipinski definition) is 1. The van der Waals surface area contributed by atoms with Crippen LogP contribution < -0.4 is 10.9 Å². The molecule has 3 aromatic heterocycles. The van der Waals surface area contributed by atoms with Gasteiger partial charge in [-0.25, -0.2) is 9.97 Å². The topological polar surface area (TPSA) is 59.8 Å². The van der Waals surface area contributed by atoms with Crippen molar-refractivity contribution in [1.29, 1.82) is 0 Å². The van der Waals surface area contributed by atoms with Crippen molar-refractivity contribution in [2.45, 2.75) is 47.5 Å². The van der Waals surface area contributed by atoms with E-state index >= 15 is 0 Å². The van der Waals surface area contributed by atoms with Gasteiger partial charge in [0.25, 0.3) is 5.56 Å². The number of fused-ring (bicyclic) bond motifs is 3. The van der Waals surface area contributed by atoms with Crippen LogP contribution in [0.2, 0.25) is 0 Å². The Morgan fingerprint density at radius 1 is 1.30 bits per heavy atom. The van der Waals surface area contributed by atoms with Crippen molar-refractivity contribution in [2.75, 3.05) is 12.4 Å². The smallest absolute Gasteiger partial charge is 0.275 e. The Bertz CT molecular complexity index is 1090. The summed E-state index contributed by atoms with van der Waals surface area (Å²) in [6.07, 6.45) is 19.7. The van der Waals surface area contributed by atoms with Gasteiger partial charge in [-0.05, 0) is 24.5 Å². The minimum Gasteiger partial charge on any atom is -0.387 e. The maximum atomic E-state index is 13.2. The fraction of sp³-hybridized carbons (Fsp3) is 0.375. The first-order valence-corrected chi connectivity index (χ1v) is 11.1. The first-order valence-electron chi connectivity index (χ1n) is 10.3. The number of anilines is 1. The second-order valence-electron chi connectivity index (χ2n) is 6.51. The van der Waals surface area contributed by atoms with Crippen molar-refractivity contribution in [1.82, 2.24) is 14.5 Å². The molecule has 30 heavy (non-hydrogen) atoms. The Morgan fingerprint density at radius 2 is 2.00 bits per heavy atom.